The molecule has 0 bridgehead atoms. The molecule has 1 saturated heterocycles. The maximum atomic E-state index is 13.5. The Hall–Kier alpha value is -2.90. The molecule has 3 N–H and O–H groups in total. The second-order valence-electron chi connectivity index (χ2n) is 6.22. The number of carbonyl (C=O) groups excluding carboxylic acids is 2. The average molecular weight is 345 g/mol. The third-order valence-corrected chi connectivity index (χ3v) is 4.79. The number of ether oxygens (including phenoxy) is 2. The van der Waals surface area contributed by atoms with Crippen molar-refractivity contribution in [1.82, 2.24) is 10.3 Å². The Morgan fingerprint density at radius 1 is 1.40 bits per heavy atom. The van der Waals surface area contributed by atoms with Crippen LogP contribution in [0.1, 0.15) is 10.4 Å². The quantitative estimate of drug-likeness (QED) is 0.834. The SMILES string of the molecule is COc1cc2c(OCC3NC(=O)C4C(F)C34)ccnc2cc1C(N)=O. The number of primary amides is 1. The summed E-state index contributed by atoms with van der Waals surface area (Å²) in [6.45, 7) is 0.159. The zero-order valence-electron chi connectivity index (χ0n) is 13.4. The van der Waals surface area contributed by atoms with Gasteiger partial charge < -0.3 is 20.5 Å². The summed E-state index contributed by atoms with van der Waals surface area (Å²) in [4.78, 5) is 27.3. The van der Waals surface area contributed by atoms with Crippen LogP contribution in [0.5, 0.6) is 11.5 Å². The second kappa shape index (κ2) is 5.58. The molecule has 8 heteroatoms. The van der Waals surface area contributed by atoms with Crippen LogP contribution in [-0.4, -0.2) is 42.7 Å². The van der Waals surface area contributed by atoms with E-state index < -0.39 is 18.0 Å². The van der Waals surface area contributed by atoms with Gasteiger partial charge in [-0.1, -0.05) is 0 Å². The number of aromatic nitrogens is 1. The summed E-state index contributed by atoms with van der Waals surface area (Å²) in [7, 11) is 1.44. The number of nitrogens with two attached hydrogens (primary N) is 1. The number of fused-ring (bicyclic) bond motifs is 2. The maximum Gasteiger partial charge on any atom is 0.252 e. The third kappa shape index (κ3) is 2.45. The Bertz CT molecular complexity index is 888. The lowest BCUT2D eigenvalue weighted by atomic mass is 10.1. The number of benzene rings is 1. The summed E-state index contributed by atoms with van der Waals surface area (Å²) in [6, 6.07) is 4.49. The van der Waals surface area contributed by atoms with Gasteiger partial charge in [-0.25, -0.2) is 4.39 Å². The van der Waals surface area contributed by atoms with E-state index in [1.165, 1.54) is 13.2 Å². The van der Waals surface area contributed by atoms with E-state index >= 15 is 0 Å². The van der Waals surface area contributed by atoms with Crippen molar-refractivity contribution in [2.45, 2.75) is 12.2 Å². The van der Waals surface area contributed by atoms with E-state index in [-0.39, 0.29) is 30.0 Å². The number of hydrogen-bond acceptors (Lipinski definition) is 5. The Kier molecular flexibility index (Phi) is 3.48. The number of nitrogens with one attached hydrogen (secondary N) is 1. The number of pyridine rings is 1. The fourth-order valence-electron chi connectivity index (χ4n) is 3.43. The number of amides is 2. The summed E-state index contributed by atoms with van der Waals surface area (Å²) in [5.74, 6) is -0.878. The van der Waals surface area contributed by atoms with Crippen LogP contribution in [-0.2, 0) is 4.79 Å². The Balaban J connectivity index is 1.61. The maximum absolute atomic E-state index is 13.5. The minimum absolute atomic E-state index is 0.159. The van der Waals surface area contributed by atoms with Crippen LogP contribution in [0.4, 0.5) is 4.39 Å². The van der Waals surface area contributed by atoms with Crippen LogP contribution < -0.4 is 20.5 Å². The molecule has 2 aromatic rings. The Morgan fingerprint density at radius 3 is 2.84 bits per heavy atom. The topological polar surface area (TPSA) is 104 Å². The molecule has 4 rings (SSSR count). The molecule has 25 heavy (non-hydrogen) atoms. The van der Waals surface area contributed by atoms with E-state index in [1.807, 2.05) is 0 Å². The lowest BCUT2D eigenvalue weighted by Crippen LogP contribution is -2.37. The van der Waals surface area contributed by atoms with Gasteiger partial charge in [-0.2, -0.15) is 0 Å². The number of hydrogen-bond donors (Lipinski definition) is 2. The fourth-order valence-corrected chi connectivity index (χ4v) is 3.43. The number of piperidine rings is 1. The van der Waals surface area contributed by atoms with E-state index in [4.69, 9.17) is 15.2 Å². The highest BCUT2D eigenvalue weighted by Crippen LogP contribution is 2.49. The summed E-state index contributed by atoms with van der Waals surface area (Å²) in [5, 5.41) is 3.38. The van der Waals surface area contributed by atoms with Crippen molar-refractivity contribution in [3.05, 3.63) is 30.0 Å². The fraction of sp³-hybridized carbons (Fsp3) is 0.353. The third-order valence-electron chi connectivity index (χ3n) is 4.79. The predicted octanol–water partition coefficient (Wildman–Crippen LogP) is 0.804. The number of halogens is 1. The lowest BCUT2D eigenvalue weighted by Gasteiger charge is -2.16. The van der Waals surface area contributed by atoms with Crippen molar-refractivity contribution in [3.63, 3.8) is 0 Å². The molecule has 2 aliphatic rings. The van der Waals surface area contributed by atoms with Gasteiger partial charge in [0.25, 0.3) is 5.91 Å². The second-order valence-corrected chi connectivity index (χ2v) is 6.22. The molecule has 2 heterocycles. The number of nitrogens with zero attached hydrogens (tertiary/aromatic N) is 1. The first-order valence-electron chi connectivity index (χ1n) is 7.85. The molecule has 130 valence electrons. The van der Waals surface area contributed by atoms with Gasteiger partial charge in [-0.3, -0.25) is 14.6 Å². The van der Waals surface area contributed by atoms with Crippen molar-refractivity contribution in [1.29, 1.82) is 0 Å². The molecule has 1 saturated carbocycles. The number of methoxy groups -OCH3 is 1. The van der Waals surface area contributed by atoms with E-state index in [0.717, 1.165) is 0 Å². The molecule has 2 fully saturated rings. The van der Waals surface area contributed by atoms with Gasteiger partial charge in [-0.15, -0.1) is 0 Å². The van der Waals surface area contributed by atoms with E-state index in [2.05, 4.69) is 10.3 Å². The van der Waals surface area contributed by atoms with Crippen LogP contribution in [0.2, 0.25) is 0 Å². The van der Waals surface area contributed by atoms with Gasteiger partial charge in [0.05, 0.1) is 30.1 Å². The minimum atomic E-state index is -1.07. The first-order valence-corrected chi connectivity index (χ1v) is 7.85. The molecular weight excluding hydrogens is 329 g/mol. The molecule has 7 nitrogen and oxygen atoms in total. The average Bonchev–Trinajstić information content (AvgIpc) is 3.15. The van der Waals surface area contributed by atoms with Crippen molar-refractivity contribution < 1.29 is 23.5 Å². The molecular formula is C17H16FN3O4. The van der Waals surface area contributed by atoms with Crippen LogP contribution in [0.25, 0.3) is 10.9 Å². The molecule has 1 aromatic heterocycles. The molecule has 2 amide bonds. The minimum Gasteiger partial charge on any atom is -0.496 e. The molecule has 0 spiro atoms. The summed E-state index contributed by atoms with van der Waals surface area (Å²) < 4.78 is 24.5. The van der Waals surface area contributed by atoms with E-state index in [9.17, 15) is 14.0 Å². The first-order chi connectivity index (χ1) is 12.0. The lowest BCUT2D eigenvalue weighted by molar-refractivity contribution is -0.121. The predicted molar refractivity (Wildman–Crippen MR) is 86.1 cm³/mol. The monoisotopic (exact) mass is 345 g/mol. The van der Waals surface area contributed by atoms with Gasteiger partial charge in [0.1, 0.15) is 24.3 Å². The standard InChI is InChI=1S/C17H16FN3O4/c1-24-12-5-7-9(4-8(12)16(19)22)20-3-2-11(7)25-6-10-13-14(15(13)18)17(23)21-10/h2-5,10,13-15H,6H2,1H3,(H2,19,22)(H,21,23). The summed E-state index contributed by atoms with van der Waals surface area (Å²) in [6.07, 6.45) is 0.467. The summed E-state index contributed by atoms with van der Waals surface area (Å²) >= 11 is 0. The van der Waals surface area contributed by atoms with Crippen molar-refractivity contribution in [2.75, 3.05) is 13.7 Å². The Labute approximate surface area is 142 Å². The van der Waals surface area contributed by atoms with Crippen LogP contribution in [0.3, 0.4) is 0 Å². The number of carbonyl (C=O) groups is 2. The van der Waals surface area contributed by atoms with Crippen molar-refractivity contribution >= 4 is 22.7 Å². The Morgan fingerprint density at radius 2 is 2.20 bits per heavy atom. The van der Waals surface area contributed by atoms with Gasteiger partial charge in [-0.05, 0) is 18.2 Å². The van der Waals surface area contributed by atoms with Crippen LogP contribution in [0.15, 0.2) is 24.4 Å². The van der Waals surface area contributed by atoms with Crippen molar-refractivity contribution in [2.24, 2.45) is 17.6 Å². The van der Waals surface area contributed by atoms with Crippen LogP contribution >= 0.6 is 0 Å². The number of rotatable bonds is 5. The van der Waals surface area contributed by atoms with Gasteiger partial charge >= 0.3 is 0 Å². The molecule has 1 aliphatic heterocycles. The molecule has 1 aliphatic carbocycles. The highest BCUT2D eigenvalue weighted by molar-refractivity contribution is 6.01. The summed E-state index contributed by atoms with van der Waals surface area (Å²) in [5.41, 5.74) is 6.10. The normalized spacial score (nSPS) is 26.9. The molecule has 0 radical (unpaired) electrons. The van der Waals surface area contributed by atoms with E-state index in [1.54, 1.807) is 18.3 Å². The first kappa shape index (κ1) is 15.6. The van der Waals surface area contributed by atoms with Gasteiger partial charge in [0.2, 0.25) is 5.91 Å². The van der Waals surface area contributed by atoms with Crippen molar-refractivity contribution in [3.8, 4) is 11.5 Å². The molecule has 1 aromatic carbocycles. The van der Waals surface area contributed by atoms with Gasteiger partial charge in [0, 0.05) is 17.5 Å². The molecule has 4 unspecified atom stereocenters. The highest BCUT2D eigenvalue weighted by atomic mass is 19.1. The smallest absolute Gasteiger partial charge is 0.252 e. The number of alkyl halides is 1. The largest absolute Gasteiger partial charge is 0.496 e. The highest BCUT2D eigenvalue weighted by Gasteiger charge is 2.64. The zero-order valence-corrected chi connectivity index (χ0v) is 13.4. The zero-order chi connectivity index (χ0) is 17.7. The van der Waals surface area contributed by atoms with Crippen LogP contribution in [0, 0.1) is 11.8 Å². The van der Waals surface area contributed by atoms with Gasteiger partial charge in [0.15, 0.2) is 0 Å². The van der Waals surface area contributed by atoms with E-state index in [0.29, 0.717) is 22.4 Å². The molecule has 4 atom stereocenters.